The molecule has 0 amide bonds. The summed E-state index contributed by atoms with van der Waals surface area (Å²) in [7, 11) is 0. The second-order valence-corrected chi connectivity index (χ2v) is 20.4. The molecule has 0 aliphatic heterocycles. The van der Waals surface area contributed by atoms with Crippen LogP contribution in [0, 0.1) is 0 Å². The second-order valence-electron chi connectivity index (χ2n) is 16.7. The molecule has 3 heteroatoms. The van der Waals surface area contributed by atoms with Crippen molar-refractivity contribution in [3.05, 3.63) is 166 Å². The van der Waals surface area contributed by atoms with Crippen molar-refractivity contribution >= 4 is 23.3 Å². The van der Waals surface area contributed by atoms with Crippen LogP contribution >= 0.6 is 0 Å². The summed E-state index contributed by atoms with van der Waals surface area (Å²) >= 11 is -1.34. The van der Waals surface area contributed by atoms with Crippen molar-refractivity contribution in [2.24, 2.45) is 0 Å². The molecule has 0 N–H and O–H groups in total. The van der Waals surface area contributed by atoms with Crippen molar-refractivity contribution in [3.8, 4) is 22.3 Å². The third-order valence-corrected chi connectivity index (χ3v) is 15.9. The molecule has 2 unspecified atom stereocenters. The first-order valence-electron chi connectivity index (χ1n) is 19.3. The SMILES string of the molecule is CCc1ccc(C2=Cc3c(-c4ccc(C(C)(C)C)cc4)cccc3[CH]2[Zr][CH]2C(c3ccc(CC)o3)=Cc3c(-c4ccc(C(C)(C)C)cc4)cccc32)o1. The third-order valence-electron chi connectivity index (χ3n) is 11.2. The summed E-state index contributed by atoms with van der Waals surface area (Å²) in [4.78, 5) is 0. The fourth-order valence-corrected chi connectivity index (χ4v) is 12.9. The normalized spacial score (nSPS) is 16.7. The quantitative estimate of drug-likeness (QED) is 0.154. The van der Waals surface area contributed by atoms with Crippen LogP contribution in [0.15, 0.2) is 118 Å². The summed E-state index contributed by atoms with van der Waals surface area (Å²) in [5, 5.41) is 0. The van der Waals surface area contributed by atoms with E-state index < -0.39 is 23.2 Å². The van der Waals surface area contributed by atoms with Crippen LogP contribution in [0.3, 0.4) is 0 Å². The molecule has 53 heavy (non-hydrogen) atoms. The second kappa shape index (κ2) is 13.9. The van der Waals surface area contributed by atoms with E-state index in [1.807, 2.05) is 0 Å². The molecule has 0 saturated heterocycles. The summed E-state index contributed by atoms with van der Waals surface area (Å²) < 4.78 is 13.8. The zero-order valence-electron chi connectivity index (χ0n) is 32.4. The molecule has 2 atom stereocenters. The maximum atomic E-state index is 6.58. The Bertz CT molecular complexity index is 2180. The molecule has 4 aromatic carbocycles. The first kappa shape index (κ1) is 35.8. The van der Waals surface area contributed by atoms with Gasteiger partial charge >= 0.3 is 330 Å². The molecule has 266 valence electrons. The standard InChI is InChI=1S/2C25H25O.Zr/c2*1-5-21-13-14-24(26-21)19-15-18-7-6-8-22(23(18)16-19)17-9-11-20(12-10-17)25(2,3)4;/h2*6-16H,5H2,1-4H3;. The van der Waals surface area contributed by atoms with E-state index in [0.29, 0.717) is 7.25 Å². The van der Waals surface area contributed by atoms with Crippen LogP contribution in [0.5, 0.6) is 0 Å². The van der Waals surface area contributed by atoms with Crippen LogP contribution < -0.4 is 0 Å². The maximum absolute atomic E-state index is 6.58. The van der Waals surface area contributed by atoms with E-state index in [0.717, 1.165) is 35.9 Å². The summed E-state index contributed by atoms with van der Waals surface area (Å²) in [6.07, 6.45) is 6.69. The van der Waals surface area contributed by atoms with Gasteiger partial charge in [-0.2, -0.15) is 0 Å². The summed E-state index contributed by atoms with van der Waals surface area (Å²) in [5.41, 5.74) is 16.3. The Labute approximate surface area is 327 Å². The zero-order valence-corrected chi connectivity index (χ0v) is 34.9. The topological polar surface area (TPSA) is 26.3 Å². The molecule has 8 rings (SSSR count). The van der Waals surface area contributed by atoms with Gasteiger partial charge in [0.1, 0.15) is 0 Å². The van der Waals surface area contributed by atoms with Crippen molar-refractivity contribution in [1.29, 1.82) is 0 Å². The van der Waals surface area contributed by atoms with Gasteiger partial charge in [-0.05, 0) is 0 Å². The van der Waals surface area contributed by atoms with E-state index in [1.165, 1.54) is 66.8 Å². The molecule has 2 aliphatic rings. The van der Waals surface area contributed by atoms with E-state index in [9.17, 15) is 0 Å². The number of furan rings is 2. The molecule has 6 aromatic rings. The van der Waals surface area contributed by atoms with Crippen molar-refractivity contribution in [2.75, 3.05) is 0 Å². The average molecular weight is 774 g/mol. The number of allylic oxidation sites excluding steroid dienone is 2. The minimum absolute atomic E-state index is 0.114. The number of hydrogen-bond acceptors (Lipinski definition) is 2. The van der Waals surface area contributed by atoms with Crippen molar-refractivity contribution in [2.45, 2.75) is 86.3 Å². The van der Waals surface area contributed by atoms with E-state index in [2.05, 4.69) is 177 Å². The Morgan fingerprint density at radius 2 is 0.887 bits per heavy atom. The zero-order chi connectivity index (χ0) is 37.1. The molecule has 0 fully saturated rings. The van der Waals surface area contributed by atoms with Gasteiger partial charge in [0.15, 0.2) is 0 Å². The molecule has 2 heterocycles. The van der Waals surface area contributed by atoms with Crippen LogP contribution in [0.2, 0.25) is 0 Å². The third kappa shape index (κ3) is 6.76. The Hall–Kier alpha value is -4.20. The number of benzene rings is 4. The molecular weight excluding hydrogens is 724 g/mol. The Balaban J connectivity index is 1.25. The first-order chi connectivity index (χ1) is 25.4. The van der Waals surface area contributed by atoms with Crippen LogP contribution in [-0.2, 0) is 46.9 Å². The molecular formula is C50H50O2Zr. The van der Waals surface area contributed by atoms with Crippen molar-refractivity contribution < 1.29 is 32.1 Å². The first-order valence-corrected chi connectivity index (χ1v) is 22.1. The van der Waals surface area contributed by atoms with Crippen molar-refractivity contribution in [3.63, 3.8) is 0 Å². The summed E-state index contributed by atoms with van der Waals surface area (Å²) in [6, 6.07) is 41.1. The molecule has 2 aliphatic carbocycles. The minimum atomic E-state index is -1.34. The number of aryl methyl sites for hydroxylation is 2. The molecule has 2 aromatic heterocycles. The Morgan fingerprint density at radius 1 is 0.491 bits per heavy atom. The predicted molar refractivity (Wildman–Crippen MR) is 219 cm³/mol. The van der Waals surface area contributed by atoms with Gasteiger partial charge in [0, 0.05) is 0 Å². The van der Waals surface area contributed by atoms with E-state index >= 15 is 0 Å². The monoisotopic (exact) mass is 772 g/mol. The predicted octanol–water partition coefficient (Wildman–Crippen LogP) is 13.9. The Kier molecular flexibility index (Phi) is 9.39. The van der Waals surface area contributed by atoms with Gasteiger partial charge in [0.05, 0.1) is 0 Å². The van der Waals surface area contributed by atoms with E-state index in [4.69, 9.17) is 8.83 Å². The fraction of sp³-hybridized carbons (Fsp3) is 0.280. The van der Waals surface area contributed by atoms with Crippen molar-refractivity contribution in [1.82, 2.24) is 0 Å². The molecule has 0 radical (unpaired) electrons. The van der Waals surface area contributed by atoms with Crippen LogP contribution in [0.4, 0.5) is 0 Å². The molecule has 0 saturated carbocycles. The number of hydrogen-bond donors (Lipinski definition) is 0. The molecule has 2 nitrogen and oxygen atoms in total. The number of rotatable bonds is 8. The molecule has 0 spiro atoms. The van der Waals surface area contributed by atoms with E-state index in [1.54, 1.807) is 0 Å². The van der Waals surface area contributed by atoms with Gasteiger partial charge in [-0.1, -0.05) is 0 Å². The Morgan fingerprint density at radius 3 is 1.23 bits per heavy atom. The van der Waals surface area contributed by atoms with Gasteiger partial charge in [0.25, 0.3) is 0 Å². The van der Waals surface area contributed by atoms with Gasteiger partial charge in [-0.15, -0.1) is 0 Å². The van der Waals surface area contributed by atoms with Gasteiger partial charge in [0.2, 0.25) is 0 Å². The molecule has 0 bridgehead atoms. The number of fused-ring (bicyclic) bond motifs is 2. The van der Waals surface area contributed by atoms with Gasteiger partial charge in [-0.3, -0.25) is 0 Å². The van der Waals surface area contributed by atoms with Crippen LogP contribution in [0.25, 0.3) is 45.6 Å². The van der Waals surface area contributed by atoms with Gasteiger partial charge in [-0.25, -0.2) is 0 Å². The van der Waals surface area contributed by atoms with Crippen LogP contribution in [-0.4, -0.2) is 0 Å². The summed E-state index contributed by atoms with van der Waals surface area (Å²) in [5.74, 6) is 4.10. The van der Waals surface area contributed by atoms with Gasteiger partial charge < -0.3 is 0 Å². The average Bonchev–Trinajstić information content (AvgIpc) is 3.96. The fourth-order valence-electron chi connectivity index (χ4n) is 8.01. The van der Waals surface area contributed by atoms with E-state index in [-0.39, 0.29) is 10.8 Å². The summed E-state index contributed by atoms with van der Waals surface area (Å²) in [6.45, 7) is 18.0. The van der Waals surface area contributed by atoms with Crippen LogP contribution in [0.1, 0.15) is 119 Å².